The molecule has 1 aromatic carbocycles. The number of benzene rings is 1. The van der Waals surface area contributed by atoms with Crippen molar-refractivity contribution in [2.75, 3.05) is 0 Å². The summed E-state index contributed by atoms with van der Waals surface area (Å²) in [7, 11) is 0. The van der Waals surface area contributed by atoms with Gasteiger partial charge in [-0.1, -0.05) is 24.6 Å². The smallest absolute Gasteiger partial charge is 0.0692 e. The van der Waals surface area contributed by atoms with Crippen molar-refractivity contribution in [3.63, 3.8) is 0 Å². The summed E-state index contributed by atoms with van der Waals surface area (Å²) in [5.74, 6) is 0. The summed E-state index contributed by atoms with van der Waals surface area (Å²) in [5.41, 5.74) is 8.08. The van der Waals surface area contributed by atoms with Crippen LogP contribution in [0.5, 0.6) is 0 Å². The molecule has 90 valence electrons. The topological polar surface area (TPSA) is 43.8 Å². The SMILES string of the molecule is CCC(N)Cc1c(Cl)cccc1-n1cccn1. The molecule has 0 fully saturated rings. The maximum absolute atomic E-state index is 6.25. The Morgan fingerprint density at radius 1 is 1.41 bits per heavy atom. The predicted octanol–water partition coefficient (Wildman–Crippen LogP) is 2.81. The summed E-state index contributed by atoms with van der Waals surface area (Å²) in [6.07, 6.45) is 5.37. The zero-order valence-electron chi connectivity index (χ0n) is 9.81. The normalized spacial score (nSPS) is 12.6. The van der Waals surface area contributed by atoms with Crippen LogP contribution >= 0.6 is 11.6 Å². The summed E-state index contributed by atoms with van der Waals surface area (Å²) in [5, 5.41) is 4.99. The summed E-state index contributed by atoms with van der Waals surface area (Å²) < 4.78 is 1.82. The second-order valence-corrected chi connectivity index (χ2v) is 4.47. The van der Waals surface area contributed by atoms with Gasteiger partial charge in [-0.3, -0.25) is 0 Å². The van der Waals surface area contributed by atoms with Crippen LogP contribution in [0.3, 0.4) is 0 Å². The van der Waals surface area contributed by atoms with Gasteiger partial charge in [0.1, 0.15) is 0 Å². The fraction of sp³-hybridized carbons (Fsp3) is 0.308. The van der Waals surface area contributed by atoms with Crippen LogP contribution in [-0.2, 0) is 6.42 Å². The fourth-order valence-electron chi connectivity index (χ4n) is 1.78. The molecular weight excluding hydrogens is 234 g/mol. The molecule has 0 spiro atoms. The Morgan fingerprint density at radius 3 is 2.88 bits per heavy atom. The molecule has 2 rings (SSSR count). The second-order valence-electron chi connectivity index (χ2n) is 4.06. The zero-order chi connectivity index (χ0) is 12.3. The third-order valence-electron chi connectivity index (χ3n) is 2.84. The van der Waals surface area contributed by atoms with Crippen molar-refractivity contribution in [2.24, 2.45) is 5.73 Å². The Bertz CT molecular complexity index is 479. The van der Waals surface area contributed by atoms with E-state index in [4.69, 9.17) is 17.3 Å². The minimum absolute atomic E-state index is 0.129. The molecule has 2 aromatic rings. The van der Waals surface area contributed by atoms with Crippen LogP contribution in [-0.4, -0.2) is 15.8 Å². The standard InChI is InChI=1S/C13H16ClN3/c1-2-10(15)9-11-12(14)5-3-6-13(11)17-8-4-7-16-17/h3-8,10H,2,9,15H2,1H3. The van der Waals surface area contributed by atoms with Crippen LogP contribution in [0.4, 0.5) is 0 Å². The third kappa shape index (κ3) is 2.68. The average molecular weight is 250 g/mol. The largest absolute Gasteiger partial charge is 0.327 e. The number of aromatic nitrogens is 2. The predicted molar refractivity (Wildman–Crippen MR) is 70.5 cm³/mol. The highest BCUT2D eigenvalue weighted by molar-refractivity contribution is 6.31. The molecule has 0 saturated carbocycles. The fourth-order valence-corrected chi connectivity index (χ4v) is 2.03. The Hall–Kier alpha value is -1.32. The van der Waals surface area contributed by atoms with Crippen molar-refractivity contribution in [3.05, 3.63) is 47.2 Å². The van der Waals surface area contributed by atoms with E-state index >= 15 is 0 Å². The van der Waals surface area contributed by atoms with Gasteiger partial charge < -0.3 is 5.73 Å². The molecule has 4 heteroatoms. The molecule has 0 saturated heterocycles. The van der Waals surface area contributed by atoms with E-state index in [-0.39, 0.29) is 6.04 Å². The Balaban J connectivity index is 2.42. The van der Waals surface area contributed by atoms with Gasteiger partial charge in [0, 0.05) is 23.5 Å². The molecule has 0 radical (unpaired) electrons. The highest BCUT2D eigenvalue weighted by Crippen LogP contribution is 2.24. The molecule has 0 bridgehead atoms. The molecule has 17 heavy (non-hydrogen) atoms. The minimum atomic E-state index is 0.129. The maximum atomic E-state index is 6.25. The lowest BCUT2D eigenvalue weighted by molar-refractivity contribution is 0.642. The summed E-state index contributed by atoms with van der Waals surface area (Å²) in [6.45, 7) is 2.08. The van der Waals surface area contributed by atoms with Crippen LogP contribution in [0.25, 0.3) is 5.69 Å². The number of hydrogen-bond donors (Lipinski definition) is 1. The van der Waals surface area contributed by atoms with Crippen LogP contribution in [0.15, 0.2) is 36.7 Å². The lowest BCUT2D eigenvalue weighted by atomic mass is 10.0. The van der Waals surface area contributed by atoms with Crippen molar-refractivity contribution in [1.29, 1.82) is 0 Å². The van der Waals surface area contributed by atoms with Gasteiger partial charge >= 0.3 is 0 Å². The van der Waals surface area contributed by atoms with Gasteiger partial charge in [0.15, 0.2) is 0 Å². The first-order valence-electron chi connectivity index (χ1n) is 5.75. The molecule has 0 aliphatic rings. The number of nitrogens with zero attached hydrogens (tertiary/aromatic N) is 2. The van der Waals surface area contributed by atoms with Gasteiger partial charge in [0.05, 0.1) is 5.69 Å². The molecule has 3 nitrogen and oxygen atoms in total. The molecule has 0 amide bonds. The highest BCUT2D eigenvalue weighted by atomic mass is 35.5. The first kappa shape index (κ1) is 12.1. The monoisotopic (exact) mass is 249 g/mol. The van der Waals surface area contributed by atoms with Gasteiger partial charge in [-0.15, -0.1) is 0 Å². The second kappa shape index (κ2) is 5.34. The Kier molecular flexibility index (Phi) is 3.82. The van der Waals surface area contributed by atoms with E-state index in [0.717, 1.165) is 29.1 Å². The molecule has 2 N–H and O–H groups in total. The van der Waals surface area contributed by atoms with E-state index in [1.165, 1.54) is 0 Å². The number of hydrogen-bond acceptors (Lipinski definition) is 2. The number of halogens is 1. The molecule has 1 heterocycles. The van der Waals surface area contributed by atoms with Crippen LogP contribution in [0.2, 0.25) is 5.02 Å². The lowest BCUT2D eigenvalue weighted by Gasteiger charge is -2.14. The molecule has 0 aliphatic heterocycles. The molecule has 1 unspecified atom stereocenters. The molecular formula is C13H16ClN3. The molecule has 1 aromatic heterocycles. The third-order valence-corrected chi connectivity index (χ3v) is 3.19. The lowest BCUT2D eigenvalue weighted by Crippen LogP contribution is -2.22. The quantitative estimate of drug-likeness (QED) is 0.906. The van der Waals surface area contributed by atoms with Crippen molar-refractivity contribution < 1.29 is 0 Å². The number of rotatable bonds is 4. The van der Waals surface area contributed by atoms with Gasteiger partial charge in [-0.05, 0) is 36.6 Å². The van der Waals surface area contributed by atoms with E-state index in [1.807, 2.05) is 35.1 Å². The van der Waals surface area contributed by atoms with E-state index in [2.05, 4.69) is 12.0 Å². The van der Waals surface area contributed by atoms with Crippen molar-refractivity contribution >= 4 is 11.6 Å². The van der Waals surface area contributed by atoms with Crippen LogP contribution < -0.4 is 5.73 Å². The van der Waals surface area contributed by atoms with E-state index in [0.29, 0.717) is 0 Å². The first-order valence-corrected chi connectivity index (χ1v) is 6.13. The zero-order valence-corrected chi connectivity index (χ0v) is 10.6. The van der Waals surface area contributed by atoms with Crippen LogP contribution in [0.1, 0.15) is 18.9 Å². The first-order chi connectivity index (χ1) is 8.22. The van der Waals surface area contributed by atoms with E-state index in [9.17, 15) is 0 Å². The van der Waals surface area contributed by atoms with Gasteiger partial charge in [-0.25, -0.2) is 4.68 Å². The van der Waals surface area contributed by atoms with Gasteiger partial charge in [0.25, 0.3) is 0 Å². The molecule has 0 aliphatic carbocycles. The Labute approximate surface area is 106 Å². The van der Waals surface area contributed by atoms with Gasteiger partial charge in [0.2, 0.25) is 0 Å². The minimum Gasteiger partial charge on any atom is -0.327 e. The van der Waals surface area contributed by atoms with E-state index in [1.54, 1.807) is 6.20 Å². The summed E-state index contributed by atoms with van der Waals surface area (Å²) in [4.78, 5) is 0. The Morgan fingerprint density at radius 2 is 2.24 bits per heavy atom. The average Bonchev–Trinajstić information content (AvgIpc) is 2.85. The number of nitrogens with two attached hydrogens (primary N) is 1. The highest BCUT2D eigenvalue weighted by Gasteiger charge is 2.11. The van der Waals surface area contributed by atoms with Crippen molar-refractivity contribution in [2.45, 2.75) is 25.8 Å². The van der Waals surface area contributed by atoms with Gasteiger partial charge in [-0.2, -0.15) is 5.10 Å². The van der Waals surface area contributed by atoms with E-state index < -0.39 is 0 Å². The maximum Gasteiger partial charge on any atom is 0.0692 e. The molecule has 1 atom stereocenters. The van der Waals surface area contributed by atoms with Crippen molar-refractivity contribution in [3.8, 4) is 5.69 Å². The van der Waals surface area contributed by atoms with Crippen molar-refractivity contribution in [1.82, 2.24) is 9.78 Å². The van der Waals surface area contributed by atoms with Crippen LogP contribution in [0, 0.1) is 0 Å². The summed E-state index contributed by atoms with van der Waals surface area (Å²) >= 11 is 6.25. The summed E-state index contributed by atoms with van der Waals surface area (Å²) in [6, 6.07) is 7.86.